The number of carbonyl (C=O) groups excluding carboxylic acids is 2. The van der Waals surface area contributed by atoms with Crippen molar-refractivity contribution in [1.29, 1.82) is 0 Å². The molecule has 0 atom stereocenters. The highest BCUT2D eigenvalue weighted by molar-refractivity contribution is 6.08. The topological polar surface area (TPSA) is 66.7 Å². The van der Waals surface area contributed by atoms with Crippen LogP contribution in [0.5, 0.6) is 0 Å². The second kappa shape index (κ2) is 7.23. The zero-order valence-electron chi connectivity index (χ0n) is 15.3. The van der Waals surface area contributed by atoms with Gasteiger partial charge in [-0.15, -0.1) is 0 Å². The number of carbonyl (C=O) groups is 2. The number of nitrogens with one attached hydrogen (secondary N) is 1. The highest BCUT2D eigenvalue weighted by Crippen LogP contribution is 2.19. The van der Waals surface area contributed by atoms with Gasteiger partial charge < -0.3 is 10.2 Å². The number of nitrogens with zero attached hydrogens (tertiary/aromatic N) is 3. The third-order valence-corrected chi connectivity index (χ3v) is 4.97. The summed E-state index contributed by atoms with van der Waals surface area (Å²) in [6, 6.07) is 13.2. The van der Waals surface area contributed by atoms with Crippen LogP contribution in [0.25, 0.3) is 5.52 Å². The zero-order chi connectivity index (χ0) is 18.8. The first kappa shape index (κ1) is 17.3. The van der Waals surface area contributed by atoms with Gasteiger partial charge in [0.05, 0.1) is 5.52 Å². The number of anilines is 1. The number of aryl methyl sites for hydroxylation is 1. The number of imidazole rings is 1. The molecule has 6 heteroatoms. The number of hydrogen-bond acceptors (Lipinski definition) is 3. The number of benzene rings is 1. The quantitative estimate of drug-likeness (QED) is 0.774. The molecule has 1 fully saturated rings. The van der Waals surface area contributed by atoms with Gasteiger partial charge in [0.2, 0.25) is 5.82 Å². The molecule has 0 bridgehead atoms. The van der Waals surface area contributed by atoms with Crippen LogP contribution in [-0.2, 0) is 6.42 Å². The third-order valence-electron chi connectivity index (χ3n) is 4.97. The van der Waals surface area contributed by atoms with Crippen LogP contribution in [-0.4, -0.2) is 39.2 Å². The lowest BCUT2D eigenvalue weighted by Gasteiger charge is -2.13. The molecule has 1 aliphatic rings. The van der Waals surface area contributed by atoms with Gasteiger partial charge in [0.25, 0.3) is 11.8 Å². The maximum absolute atomic E-state index is 12.8. The SMILES string of the molecule is CCc1ccc(NC(=O)c2nc(C(=O)N3CCCC3)n3ccccc23)cc1. The number of aromatic nitrogens is 2. The van der Waals surface area contributed by atoms with E-state index < -0.39 is 0 Å². The Labute approximate surface area is 157 Å². The fourth-order valence-electron chi connectivity index (χ4n) is 3.43. The van der Waals surface area contributed by atoms with E-state index in [2.05, 4.69) is 17.2 Å². The number of fused-ring (bicyclic) bond motifs is 1. The molecule has 138 valence electrons. The smallest absolute Gasteiger partial charge is 0.290 e. The fourth-order valence-corrected chi connectivity index (χ4v) is 3.43. The Balaban J connectivity index is 1.66. The second-order valence-electron chi connectivity index (χ2n) is 6.74. The van der Waals surface area contributed by atoms with E-state index in [0.29, 0.717) is 17.0 Å². The van der Waals surface area contributed by atoms with E-state index in [1.165, 1.54) is 5.56 Å². The highest BCUT2D eigenvalue weighted by Gasteiger charge is 2.26. The molecule has 1 N–H and O–H groups in total. The lowest BCUT2D eigenvalue weighted by atomic mass is 10.1. The van der Waals surface area contributed by atoms with Crippen LogP contribution < -0.4 is 5.32 Å². The van der Waals surface area contributed by atoms with Crippen molar-refractivity contribution < 1.29 is 9.59 Å². The van der Waals surface area contributed by atoms with Crippen molar-refractivity contribution in [3.8, 4) is 0 Å². The van der Waals surface area contributed by atoms with E-state index in [1.54, 1.807) is 15.5 Å². The molecule has 0 spiro atoms. The molecular weight excluding hydrogens is 340 g/mol. The monoisotopic (exact) mass is 362 g/mol. The Kier molecular flexibility index (Phi) is 4.62. The van der Waals surface area contributed by atoms with E-state index in [4.69, 9.17) is 0 Å². The Bertz CT molecular complexity index is 985. The molecule has 3 aromatic rings. The van der Waals surface area contributed by atoms with Gasteiger partial charge in [0, 0.05) is 25.0 Å². The molecule has 0 radical (unpaired) electrons. The van der Waals surface area contributed by atoms with E-state index in [9.17, 15) is 9.59 Å². The fraction of sp³-hybridized carbons (Fsp3) is 0.286. The minimum Gasteiger partial charge on any atom is -0.336 e. The van der Waals surface area contributed by atoms with Crippen molar-refractivity contribution in [2.24, 2.45) is 0 Å². The Morgan fingerprint density at radius 2 is 1.81 bits per heavy atom. The van der Waals surface area contributed by atoms with Crippen molar-refractivity contribution in [2.45, 2.75) is 26.2 Å². The summed E-state index contributed by atoms with van der Waals surface area (Å²) in [4.78, 5) is 31.9. The Morgan fingerprint density at radius 3 is 2.52 bits per heavy atom. The second-order valence-corrected chi connectivity index (χ2v) is 6.74. The molecule has 0 saturated carbocycles. The largest absolute Gasteiger partial charge is 0.336 e. The molecule has 3 heterocycles. The molecular formula is C21H22N4O2. The van der Waals surface area contributed by atoms with Crippen LogP contribution in [0.2, 0.25) is 0 Å². The lowest BCUT2D eigenvalue weighted by molar-refractivity contribution is 0.0780. The van der Waals surface area contributed by atoms with Gasteiger partial charge in [-0.2, -0.15) is 0 Å². The van der Waals surface area contributed by atoms with Crippen LogP contribution in [0.3, 0.4) is 0 Å². The summed E-state index contributed by atoms with van der Waals surface area (Å²) in [5.74, 6) is -0.151. The summed E-state index contributed by atoms with van der Waals surface area (Å²) in [7, 11) is 0. The summed E-state index contributed by atoms with van der Waals surface area (Å²) in [5, 5.41) is 2.88. The van der Waals surface area contributed by atoms with Gasteiger partial charge in [0.15, 0.2) is 5.69 Å². The van der Waals surface area contributed by atoms with Gasteiger partial charge in [-0.25, -0.2) is 4.98 Å². The van der Waals surface area contributed by atoms with Gasteiger partial charge >= 0.3 is 0 Å². The molecule has 1 saturated heterocycles. The predicted octanol–water partition coefficient (Wildman–Crippen LogP) is 3.39. The zero-order valence-corrected chi connectivity index (χ0v) is 15.3. The predicted molar refractivity (Wildman–Crippen MR) is 104 cm³/mol. The van der Waals surface area contributed by atoms with Crippen LogP contribution >= 0.6 is 0 Å². The summed E-state index contributed by atoms with van der Waals surface area (Å²) in [6.07, 6.45) is 4.74. The molecule has 27 heavy (non-hydrogen) atoms. The minimum atomic E-state index is -0.316. The van der Waals surface area contributed by atoms with E-state index in [-0.39, 0.29) is 17.5 Å². The van der Waals surface area contributed by atoms with Gasteiger partial charge in [0.1, 0.15) is 0 Å². The van der Waals surface area contributed by atoms with E-state index in [1.807, 2.05) is 42.5 Å². The Morgan fingerprint density at radius 1 is 1.07 bits per heavy atom. The Hall–Kier alpha value is -3.15. The molecule has 1 aromatic carbocycles. The number of hydrogen-bond donors (Lipinski definition) is 1. The normalized spacial score (nSPS) is 13.9. The molecule has 2 amide bonds. The molecule has 2 aromatic heterocycles. The van der Waals surface area contributed by atoms with E-state index >= 15 is 0 Å². The van der Waals surface area contributed by atoms with Crippen molar-refractivity contribution in [2.75, 3.05) is 18.4 Å². The van der Waals surface area contributed by atoms with Crippen molar-refractivity contribution in [3.05, 3.63) is 65.7 Å². The van der Waals surface area contributed by atoms with Crippen molar-refractivity contribution >= 4 is 23.0 Å². The maximum Gasteiger partial charge on any atom is 0.290 e. The molecule has 1 aliphatic heterocycles. The van der Waals surface area contributed by atoms with Crippen LogP contribution in [0.1, 0.15) is 46.4 Å². The number of likely N-dealkylation sites (tertiary alicyclic amines) is 1. The average Bonchev–Trinajstić information content (AvgIpc) is 3.36. The first-order chi connectivity index (χ1) is 13.2. The average molecular weight is 362 g/mol. The number of rotatable bonds is 4. The summed E-state index contributed by atoms with van der Waals surface area (Å²) >= 11 is 0. The van der Waals surface area contributed by atoms with Gasteiger partial charge in [-0.05, 0) is 49.1 Å². The van der Waals surface area contributed by atoms with Crippen molar-refractivity contribution in [3.63, 3.8) is 0 Å². The molecule has 0 unspecified atom stereocenters. The number of amides is 2. The van der Waals surface area contributed by atoms with Crippen LogP contribution in [0, 0.1) is 0 Å². The molecule has 6 nitrogen and oxygen atoms in total. The first-order valence-electron chi connectivity index (χ1n) is 9.34. The van der Waals surface area contributed by atoms with Crippen LogP contribution in [0.15, 0.2) is 48.7 Å². The summed E-state index contributed by atoms with van der Waals surface area (Å²) in [5.41, 5.74) is 2.81. The van der Waals surface area contributed by atoms with E-state index in [0.717, 1.165) is 32.4 Å². The van der Waals surface area contributed by atoms with Crippen molar-refractivity contribution in [1.82, 2.24) is 14.3 Å². The maximum atomic E-state index is 12.8. The molecule has 0 aliphatic carbocycles. The highest BCUT2D eigenvalue weighted by atomic mass is 16.2. The van der Waals surface area contributed by atoms with Crippen LogP contribution in [0.4, 0.5) is 5.69 Å². The minimum absolute atomic E-state index is 0.125. The first-order valence-corrected chi connectivity index (χ1v) is 9.34. The van der Waals surface area contributed by atoms with Gasteiger partial charge in [-0.3, -0.25) is 14.0 Å². The number of pyridine rings is 1. The standard InChI is InChI=1S/C21H22N4O2/c1-2-15-8-10-16(11-9-15)22-20(26)18-17-7-3-4-14-25(17)19(23-18)21(27)24-12-5-6-13-24/h3-4,7-11,14H,2,5-6,12-13H2,1H3,(H,22,26). The lowest BCUT2D eigenvalue weighted by Crippen LogP contribution is -2.29. The summed E-state index contributed by atoms with van der Waals surface area (Å²) < 4.78 is 1.70. The third kappa shape index (κ3) is 3.30. The summed E-state index contributed by atoms with van der Waals surface area (Å²) in [6.45, 7) is 3.57. The molecule has 4 rings (SSSR count). The van der Waals surface area contributed by atoms with Gasteiger partial charge in [-0.1, -0.05) is 25.1 Å².